The topological polar surface area (TPSA) is 41.6 Å². The quantitative estimate of drug-likeness (QED) is 0.921. The summed E-state index contributed by atoms with van der Waals surface area (Å²) in [5.74, 6) is 0.910. The summed E-state index contributed by atoms with van der Waals surface area (Å²) in [6, 6.07) is 13.8. The average Bonchev–Trinajstić information content (AvgIpc) is 3.07. The molecule has 0 atom stereocenters. The number of rotatable bonds is 5. The van der Waals surface area contributed by atoms with E-state index in [2.05, 4.69) is 5.32 Å². The van der Waals surface area contributed by atoms with Crippen molar-refractivity contribution in [3.8, 4) is 5.75 Å². The highest BCUT2D eigenvalue weighted by Crippen LogP contribution is 2.24. The normalized spacial score (nSPS) is 12.4. The number of amides is 1. The van der Waals surface area contributed by atoms with Crippen LogP contribution in [-0.4, -0.2) is 31.0 Å². The van der Waals surface area contributed by atoms with Gasteiger partial charge in [-0.2, -0.15) is 0 Å². The molecule has 120 valence electrons. The van der Waals surface area contributed by atoms with Crippen molar-refractivity contribution in [2.45, 2.75) is 19.9 Å². The molecule has 4 heteroatoms. The zero-order valence-electron chi connectivity index (χ0n) is 13.6. The largest absolute Gasteiger partial charge is 0.497 e. The van der Waals surface area contributed by atoms with E-state index in [9.17, 15) is 4.79 Å². The smallest absolute Gasteiger partial charge is 0.254 e. The molecule has 1 heterocycles. The number of nitrogens with zero attached hydrogens (tertiary/aromatic N) is 1. The van der Waals surface area contributed by atoms with Crippen molar-refractivity contribution in [3.63, 3.8) is 0 Å². The Kier molecular flexibility index (Phi) is 4.51. The van der Waals surface area contributed by atoms with Crippen LogP contribution in [-0.2, 0) is 13.0 Å². The Balaban J connectivity index is 1.75. The molecule has 0 spiro atoms. The maximum absolute atomic E-state index is 12.8. The fourth-order valence-electron chi connectivity index (χ4n) is 2.90. The molecule has 0 saturated heterocycles. The van der Waals surface area contributed by atoms with Crippen molar-refractivity contribution in [2.24, 2.45) is 0 Å². The van der Waals surface area contributed by atoms with Gasteiger partial charge in [-0.25, -0.2) is 0 Å². The molecule has 0 saturated carbocycles. The van der Waals surface area contributed by atoms with Gasteiger partial charge >= 0.3 is 0 Å². The number of nitrogens with one attached hydrogen (secondary N) is 1. The molecule has 0 aliphatic carbocycles. The second-order valence-electron chi connectivity index (χ2n) is 5.72. The second-order valence-corrected chi connectivity index (χ2v) is 5.72. The summed E-state index contributed by atoms with van der Waals surface area (Å²) < 4.78 is 5.17. The first-order chi connectivity index (χ1) is 11.2. The van der Waals surface area contributed by atoms with Crippen LogP contribution in [0.2, 0.25) is 0 Å². The molecule has 0 fully saturated rings. The van der Waals surface area contributed by atoms with Crippen LogP contribution in [0.15, 0.2) is 42.5 Å². The number of anilines is 1. The predicted molar refractivity (Wildman–Crippen MR) is 92.0 cm³/mol. The lowest BCUT2D eigenvalue weighted by Gasteiger charge is -2.21. The van der Waals surface area contributed by atoms with Crippen molar-refractivity contribution in [1.29, 1.82) is 0 Å². The van der Waals surface area contributed by atoms with Crippen LogP contribution in [0.3, 0.4) is 0 Å². The minimum absolute atomic E-state index is 0.0815. The molecular weight excluding hydrogens is 288 g/mol. The third kappa shape index (κ3) is 3.31. The van der Waals surface area contributed by atoms with E-state index in [1.807, 2.05) is 54.3 Å². The van der Waals surface area contributed by atoms with Crippen LogP contribution in [0, 0.1) is 0 Å². The second kappa shape index (κ2) is 6.73. The zero-order valence-corrected chi connectivity index (χ0v) is 13.6. The monoisotopic (exact) mass is 310 g/mol. The number of benzene rings is 2. The van der Waals surface area contributed by atoms with Crippen LogP contribution < -0.4 is 10.1 Å². The van der Waals surface area contributed by atoms with E-state index in [1.165, 1.54) is 5.56 Å². The fraction of sp³-hybridized carbons (Fsp3) is 0.316. The molecule has 23 heavy (non-hydrogen) atoms. The Morgan fingerprint density at radius 1 is 1.22 bits per heavy atom. The van der Waals surface area contributed by atoms with E-state index < -0.39 is 0 Å². The Morgan fingerprint density at radius 3 is 2.70 bits per heavy atom. The number of methoxy groups -OCH3 is 1. The van der Waals surface area contributed by atoms with Crippen molar-refractivity contribution in [3.05, 3.63) is 59.2 Å². The van der Waals surface area contributed by atoms with Gasteiger partial charge in [0.1, 0.15) is 5.75 Å². The molecule has 3 rings (SSSR count). The summed E-state index contributed by atoms with van der Waals surface area (Å²) in [6.07, 6.45) is 0.987. The molecule has 1 aliphatic heterocycles. The molecular formula is C19H22N2O2. The lowest BCUT2D eigenvalue weighted by Crippen LogP contribution is -2.30. The van der Waals surface area contributed by atoms with E-state index in [-0.39, 0.29) is 5.91 Å². The minimum atomic E-state index is 0.0815. The summed E-state index contributed by atoms with van der Waals surface area (Å²) in [7, 11) is 1.65. The van der Waals surface area contributed by atoms with E-state index in [0.29, 0.717) is 13.1 Å². The molecule has 0 bridgehead atoms. The first-order valence-electron chi connectivity index (χ1n) is 8.00. The third-order valence-electron chi connectivity index (χ3n) is 4.26. The summed E-state index contributed by atoms with van der Waals surface area (Å²) >= 11 is 0. The van der Waals surface area contributed by atoms with E-state index in [1.54, 1.807) is 7.11 Å². The van der Waals surface area contributed by atoms with Crippen molar-refractivity contribution < 1.29 is 9.53 Å². The minimum Gasteiger partial charge on any atom is -0.497 e. The molecule has 4 nitrogen and oxygen atoms in total. The lowest BCUT2D eigenvalue weighted by molar-refractivity contribution is 0.0752. The summed E-state index contributed by atoms with van der Waals surface area (Å²) in [4.78, 5) is 14.7. The van der Waals surface area contributed by atoms with Crippen LogP contribution in [0.4, 0.5) is 5.69 Å². The number of hydrogen-bond donors (Lipinski definition) is 1. The summed E-state index contributed by atoms with van der Waals surface area (Å²) in [5.41, 5.74) is 4.25. The molecule has 2 aromatic carbocycles. The SMILES string of the molecule is CCN(Cc1ccc(OC)cc1)C(=O)c1ccc2c(c1)CCN2. The van der Waals surface area contributed by atoms with Crippen molar-refractivity contribution in [1.82, 2.24) is 4.90 Å². The zero-order chi connectivity index (χ0) is 16.2. The van der Waals surface area contributed by atoms with Crippen LogP contribution >= 0.6 is 0 Å². The van der Waals surface area contributed by atoms with Gasteiger partial charge in [0.15, 0.2) is 0 Å². The highest BCUT2D eigenvalue weighted by molar-refractivity contribution is 5.95. The van der Waals surface area contributed by atoms with Gasteiger partial charge in [0.05, 0.1) is 7.11 Å². The molecule has 1 N–H and O–H groups in total. The van der Waals surface area contributed by atoms with Gasteiger partial charge in [0.2, 0.25) is 0 Å². The van der Waals surface area contributed by atoms with Crippen LogP contribution in [0.1, 0.15) is 28.4 Å². The van der Waals surface area contributed by atoms with E-state index in [4.69, 9.17) is 4.74 Å². The van der Waals surface area contributed by atoms with Gasteiger partial charge in [-0.3, -0.25) is 4.79 Å². The first kappa shape index (κ1) is 15.4. The van der Waals surface area contributed by atoms with Gasteiger partial charge in [0, 0.05) is 30.9 Å². The van der Waals surface area contributed by atoms with Gasteiger partial charge in [-0.1, -0.05) is 12.1 Å². The van der Waals surface area contributed by atoms with Crippen LogP contribution in [0.5, 0.6) is 5.75 Å². The number of carbonyl (C=O) groups excluding carboxylic acids is 1. The van der Waals surface area contributed by atoms with E-state index in [0.717, 1.165) is 35.5 Å². The number of fused-ring (bicyclic) bond motifs is 1. The van der Waals surface area contributed by atoms with Crippen molar-refractivity contribution in [2.75, 3.05) is 25.5 Å². The van der Waals surface area contributed by atoms with Crippen LogP contribution in [0.25, 0.3) is 0 Å². The summed E-state index contributed by atoms with van der Waals surface area (Å²) in [6.45, 7) is 4.25. The Labute approximate surface area is 137 Å². The molecule has 1 aliphatic rings. The standard InChI is InChI=1S/C19H22N2O2/c1-3-21(13-14-4-7-17(23-2)8-5-14)19(22)16-6-9-18-15(12-16)10-11-20-18/h4-9,12,20H,3,10-11,13H2,1-2H3. The number of hydrogen-bond acceptors (Lipinski definition) is 3. The van der Waals surface area contributed by atoms with Gasteiger partial charge in [-0.05, 0) is 54.8 Å². The molecule has 0 radical (unpaired) electrons. The first-order valence-corrected chi connectivity index (χ1v) is 8.00. The highest BCUT2D eigenvalue weighted by atomic mass is 16.5. The maximum Gasteiger partial charge on any atom is 0.254 e. The highest BCUT2D eigenvalue weighted by Gasteiger charge is 2.18. The van der Waals surface area contributed by atoms with Gasteiger partial charge in [-0.15, -0.1) is 0 Å². The lowest BCUT2D eigenvalue weighted by atomic mass is 10.1. The fourth-order valence-corrected chi connectivity index (χ4v) is 2.90. The van der Waals surface area contributed by atoms with E-state index >= 15 is 0 Å². The van der Waals surface area contributed by atoms with Gasteiger partial charge in [0.25, 0.3) is 5.91 Å². The molecule has 0 aromatic heterocycles. The average molecular weight is 310 g/mol. The third-order valence-corrected chi connectivity index (χ3v) is 4.26. The predicted octanol–water partition coefficient (Wildman–Crippen LogP) is 3.33. The Hall–Kier alpha value is -2.49. The summed E-state index contributed by atoms with van der Waals surface area (Å²) in [5, 5.41) is 3.32. The maximum atomic E-state index is 12.8. The molecule has 1 amide bonds. The Bertz CT molecular complexity index is 695. The Morgan fingerprint density at radius 2 is 2.00 bits per heavy atom. The number of carbonyl (C=O) groups is 1. The number of ether oxygens (including phenoxy) is 1. The van der Waals surface area contributed by atoms with Crippen molar-refractivity contribution >= 4 is 11.6 Å². The molecule has 0 unspecified atom stereocenters. The van der Waals surface area contributed by atoms with Gasteiger partial charge < -0.3 is 15.0 Å². The molecule has 2 aromatic rings.